The first-order valence-corrected chi connectivity index (χ1v) is 5.30. The van der Waals surface area contributed by atoms with E-state index in [0.29, 0.717) is 0 Å². The molecular formula is C9H15Br. The van der Waals surface area contributed by atoms with E-state index in [1.54, 1.807) is 0 Å². The number of halogens is 1. The Morgan fingerprint density at radius 2 is 2.00 bits per heavy atom. The van der Waals surface area contributed by atoms with Crippen LogP contribution in [0.4, 0.5) is 0 Å². The number of alkyl halides is 1. The zero-order chi connectivity index (χ0) is 7.41. The summed E-state index contributed by atoms with van der Waals surface area (Å²) in [6, 6.07) is 0. The van der Waals surface area contributed by atoms with E-state index in [1.807, 2.05) is 0 Å². The molecule has 0 aliphatic heterocycles. The van der Waals surface area contributed by atoms with Gasteiger partial charge >= 0.3 is 0 Å². The molecule has 0 aromatic rings. The van der Waals surface area contributed by atoms with Crippen LogP contribution in [-0.2, 0) is 0 Å². The summed E-state index contributed by atoms with van der Waals surface area (Å²) in [6.07, 6.45) is 4.43. The lowest BCUT2D eigenvalue weighted by atomic mass is 9.87. The van der Waals surface area contributed by atoms with Crippen molar-refractivity contribution in [3.05, 3.63) is 0 Å². The maximum Gasteiger partial charge on any atom is 0.00652 e. The van der Waals surface area contributed by atoms with Gasteiger partial charge in [-0.05, 0) is 36.0 Å². The Bertz CT molecular complexity index is 160. The summed E-state index contributed by atoms with van der Waals surface area (Å²) in [7, 11) is 0. The summed E-state index contributed by atoms with van der Waals surface area (Å²) in [5.74, 6) is 0.986. The van der Waals surface area contributed by atoms with Crippen molar-refractivity contribution < 1.29 is 0 Å². The molecule has 2 aliphatic rings. The quantitative estimate of drug-likeness (QED) is 0.604. The van der Waals surface area contributed by atoms with Gasteiger partial charge in [-0.3, -0.25) is 0 Å². The van der Waals surface area contributed by atoms with E-state index in [2.05, 4.69) is 29.8 Å². The normalized spacial score (nSPS) is 48.9. The molecule has 2 rings (SSSR count). The predicted octanol–water partition coefficient (Wildman–Crippen LogP) is 3.21. The van der Waals surface area contributed by atoms with Crippen LogP contribution in [0.2, 0.25) is 0 Å². The SMILES string of the molecule is CC1(C2(C)CC2CBr)CC1. The molecule has 0 aromatic carbocycles. The lowest BCUT2D eigenvalue weighted by Gasteiger charge is -2.18. The maximum atomic E-state index is 3.57. The zero-order valence-electron chi connectivity index (χ0n) is 6.78. The Hall–Kier alpha value is 0.480. The van der Waals surface area contributed by atoms with E-state index < -0.39 is 0 Å². The zero-order valence-corrected chi connectivity index (χ0v) is 8.37. The minimum absolute atomic E-state index is 0.719. The topological polar surface area (TPSA) is 0 Å². The molecule has 2 aliphatic carbocycles. The van der Waals surface area contributed by atoms with Crippen LogP contribution < -0.4 is 0 Å². The number of hydrogen-bond donors (Lipinski definition) is 0. The Morgan fingerprint density at radius 1 is 1.40 bits per heavy atom. The molecule has 10 heavy (non-hydrogen) atoms. The molecule has 58 valence electrons. The van der Waals surface area contributed by atoms with Crippen LogP contribution in [0.25, 0.3) is 0 Å². The molecular weight excluding hydrogens is 188 g/mol. The van der Waals surface area contributed by atoms with Crippen LogP contribution in [0.3, 0.4) is 0 Å². The van der Waals surface area contributed by atoms with Gasteiger partial charge in [0.15, 0.2) is 0 Å². The van der Waals surface area contributed by atoms with E-state index in [4.69, 9.17) is 0 Å². The Kier molecular flexibility index (Phi) is 1.28. The molecule has 2 fully saturated rings. The summed E-state index contributed by atoms with van der Waals surface area (Å²) in [5, 5.41) is 1.22. The summed E-state index contributed by atoms with van der Waals surface area (Å²) in [4.78, 5) is 0. The van der Waals surface area contributed by atoms with E-state index in [-0.39, 0.29) is 0 Å². The van der Waals surface area contributed by atoms with Gasteiger partial charge in [0.2, 0.25) is 0 Å². The third-order valence-corrected chi connectivity index (χ3v) is 4.76. The fraction of sp³-hybridized carbons (Fsp3) is 1.00. The maximum absolute atomic E-state index is 3.57. The highest BCUT2D eigenvalue weighted by Gasteiger charge is 2.64. The second kappa shape index (κ2) is 1.80. The highest BCUT2D eigenvalue weighted by molar-refractivity contribution is 9.09. The number of rotatable bonds is 2. The van der Waals surface area contributed by atoms with Crippen molar-refractivity contribution in [2.75, 3.05) is 5.33 Å². The van der Waals surface area contributed by atoms with Crippen LogP contribution in [0.15, 0.2) is 0 Å². The summed E-state index contributed by atoms with van der Waals surface area (Å²) < 4.78 is 0. The van der Waals surface area contributed by atoms with Crippen LogP contribution >= 0.6 is 15.9 Å². The molecule has 0 aromatic heterocycles. The Balaban J connectivity index is 2.06. The lowest BCUT2D eigenvalue weighted by Crippen LogP contribution is -2.12. The Labute approximate surface area is 71.5 Å². The highest BCUT2D eigenvalue weighted by atomic mass is 79.9. The molecule has 0 spiro atoms. The van der Waals surface area contributed by atoms with Crippen molar-refractivity contribution >= 4 is 15.9 Å². The average molecular weight is 203 g/mol. The Morgan fingerprint density at radius 3 is 2.30 bits per heavy atom. The predicted molar refractivity (Wildman–Crippen MR) is 47.3 cm³/mol. The van der Waals surface area contributed by atoms with Gasteiger partial charge in [-0.25, -0.2) is 0 Å². The van der Waals surface area contributed by atoms with E-state index >= 15 is 0 Å². The fourth-order valence-electron chi connectivity index (χ4n) is 2.18. The smallest absolute Gasteiger partial charge is 0.00652 e. The molecule has 0 saturated heterocycles. The van der Waals surface area contributed by atoms with Crippen molar-refractivity contribution in [2.24, 2.45) is 16.7 Å². The van der Waals surface area contributed by atoms with E-state index in [1.165, 1.54) is 24.6 Å². The second-order valence-electron chi connectivity index (χ2n) is 4.53. The van der Waals surface area contributed by atoms with Gasteiger partial charge in [-0.2, -0.15) is 0 Å². The molecule has 0 heterocycles. The monoisotopic (exact) mass is 202 g/mol. The third kappa shape index (κ3) is 0.731. The first-order valence-electron chi connectivity index (χ1n) is 4.18. The fourth-order valence-corrected chi connectivity index (χ4v) is 3.12. The van der Waals surface area contributed by atoms with Crippen molar-refractivity contribution in [1.82, 2.24) is 0 Å². The van der Waals surface area contributed by atoms with Crippen LogP contribution in [0.5, 0.6) is 0 Å². The number of hydrogen-bond acceptors (Lipinski definition) is 0. The molecule has 2 unspecified atom stereocenters. The minimum atomic E-state index is 0.719. The van der Waals surface area contributed by atoms with Gasteiger partial charge in [0.05, 0.1) is 0 Å². The van der Waals surface area contributed by atoms with Crippen molar-refractivity contribution in [3.63, 3.8) is 0 Å². The first-order chi connectivity index (χ1) is 4.62. The molecule has 0 amide bonds. The molecule has 0 nitrogen and oxygen atoms in total. The summed E-state index contributed by atoms with van der Waals surface area (Å²) in [5.41, 5.74) is 1.46. The largest absolute Gasteiger partial charge is 0.0925 e. The van der Waals surface area contributed by atoms with Gasteiger partial charge < -0.3 is 0 Å². The van der Waals surface area contributed by atoms with Crippen molar-refractivity contribution in [2.45, 2.75) is 33.1 Å². The minimum Gasteiger partial charge on any atom is -0.0925 e. The van der Waals surface area contributed by atoms with Gasteiger partial charge in [0, 0.05) is 5.33 Å². The summed E-state index contributed by atoms with van der Waals surface area (Å²) in [6.45, 7) is 4.92. The van der Waals surface area contributed by atoms with Crippen LogP contribution in [-0.4, -0.2) is 5.33 Å². The standard InChI is InChI=1S/C9H15Br/c1-8(3-4-8)9(2)5-7(9)6-10/h7H,3-6H2,1-2H3. The molecule has 0 N–H and O–H groups in total. The van der Waals surface area contributed by atoms with Crippen molar-refractivity contribution in [3.8, 4) is 0 Å². The summed E-state index contributed by atoms with van der Waals surface area (Å²) >= 11 is 3.57. The van der Waals surface area contributed by atoms with Crippen LogP contribution in [0.1, 0.15) is 33.1 Å². The third-order valence-electron chi connectivity index (χ3n) is 3.98. The molecule has 2 saturated carbocycles. The van der Waals surface area contributed by atoms with Crippen molar-refractivity contribution in [1.29, 1.82) is 0 Å². The van der Waals surface area contributed by atoms with Gasteiger partial charge in [0.25, 0.3) is 0 Å². The molecule has 1 heteroatoms. The molecule has 0 bridgehead atoms. The van der Waals surface area contributed by atoms with E-state index in [9.17, 15) is 0 Å². The van der Waals surface area contributed by atoms with Crippen LogP contribution in [0, 0.1) is 16.7 Å². The average Bonchev–Trinajstić information content (AvgIpc) is 2.73. The lowest BCUT2D eigenvalue weighted by molar-refractivity contribution is 0.315. The highest BCUT2D eigenvalue weighted by Crippen LogP contribution is 2.73. The van der Waals surface area contributed by atoms with E-state index in [0.717, 1.165) is 16.7 Å². The van der Waals surface area contributed by atoms with Gasteiger partial charge in [-0.1, -0.05) is 29.8 Å². The van der Waals surface area contributed by atoms with Gasteiger partial charge in [0.1, 0.15) is 0 Å². The first kappa shape index (κ1) is 7.15. The van der Waals surface area contributed by atoms with Gasteiger partial charge in [-0.15, -0.1) is 0 Å². The molecule has 2 atom stereocenters. The second-order valence-corrected chi connectivity index (χ2v) is 5.18. The molecule has 0 radical (unpaired) electrons.